The van der Waals surface area contributed by atoms with Gasteiger partial charge in [-0.3, -0.25) is 0 Å². The molecule has 4 heteroatoms. The molecule has 0 unspecified atom stereocenters. The molecule has 2 nitrogen and oxygen atoms in total. The van der Waals surface area contributed by atoms with Gasteiger partial charge in [-0.1, -0.05) is 6.07 Å². The molecule has 88 valence electrons. The van der Waals surface area contributed by atoms with E-state index in [0.29, 0.717) is 11.3 Å². The van der Waals surface area contributed by atoms with Crippen molar-refractivity contribution in [2.24, 2.45) is 0 Å². The maximum atomic E-state index is 12.9. The lowest BCUT2D eigenvalue weighted by molar-refractivity contribution is 0.149. The van der Waals surface area contributed by atoms with E-state index in [-0.39, 0.29) is 11.6 Å². The Labute approximate surface area is 93.6 Å². The topological polar surface area (TPSA) is 21.3 Å². The number of nitrogens with one attached hydrogen (secondary N) is 1. The molecule has 1 N–H and O–H groups in total. The van der Waals surface area contributed by atoms with Crippen LogP contribution in [0.25, 0.3) is 0 Å². The van der Waals surface area contributed by atoms with E-state index in [0.717, 1.165) is 19.4 Å². The van der Waals surface area contributed by atoms with Crippen molar-refractivity contribution < 1.29 is 13.5 Å². The van der Waals surface area contributed by atoms with Crippen LogP contribution in [0.4, 0.5) is 8.78 Å². The number of hydrogen-bond acceptors (Lipinski definition) is 2. The van der Waals surface area contributed by atoms with Crippen molar-refractivity contribution in [3.8, 4) is 5.75 Å². The number of ether oxygens (including phenoxy) is 1. The van der Waals surface area contributed by atoms with E-state index in [1.54, 1.807) is 12.1 Å². The van der Waals surface area contributed by atoms with Crippen molar-refractivity contribution in [1.29, 1.82) is 0 Å². The van der Waals surface area contributed by atoms with E-state index in [2.05, 4.69) is 5.32 Å². The van der Waals surface area contributed by atoms with Gasteiger partial charge in [-0.2, -0.15) is 0 Å². The SMILES string of the molecule is COc1ccc([C@@H]2CCCN2)c(C(F)F)c1. The molecule has 1 saturated heterocycles. The fourth-order valence-electron chi connectivity index (χ4n) is 2.14. The molecule has 16 heavy (non-hydrogen) atoms. The minimum absolute atomic E-state index is 0.0647. The number of methoxy groups -OCH3 is 1. The largest absolute Gasteiger partial charge is 0.497 e. The number of rotatable bonds is 3. The van der Waals surface area contributed by atoms with Gasteiger partial charge in [0.2, 0.25) is 0 Å². The maximum absolute atomic E-state index is 12.9. The first-order valence-electron chi connectivity index (χ1n) is 5.41. The van der Waals surface area contributed by atoms with Crippen LogP contribution < -0.4 is 10.1 Å². The van der Waals surface area contributed by atoms with Gasteiger partial charge in [0.25, 0.3) is 6.43 Å². The summed E-state index contributed by atoms with van der Waals surface area (Å²) in [5, 5.41) is 3.23. The first-order chi connectivity index (χ1) is 7.72. The zero-order valence-corrected chi connectivity index (χ0v) is 9.17. The van der Waals surface area contributed by atoms with Crippen LogP contribution in [0.2, 0.25) is 0 Å². The maximum Gasteiger partial charge on any atom is 0.264 e. The average molecular weight is 227 g/mol. The highest BCUT2D eigenvalue weighted by molar-refractivity contribution is 5.38. The summed E-state index contributed by atoms with van der Waals surface area (Å²) in [6.45, 7) is 0.902. The summed E-state index contributed by atoms with van der Waals surface area (Å²) in [6, 6.07) is 4.97. The molecule has 0 spiro atoms. The zero-order valence-electron chi connectivity index (χ0n) is 9.17. The molecular weight excluding hydrogens is 212 g/mol. The second kappa shape index (κ2) is 4.78. The highest BCUT2D eigenvalue weighted by atomic mass is 19.3. The standard InChI is InChI=1S/C12H15F2NO/c1-16-8-4-5-9(10(7-8)12(13)14)11-3-2-6-15-11/h4-5,7,11-12,15H,2-3,6H2,1H3/t11-/m0/s1. The number of halogens is 2. The van der Waals surface area contributed by atoms with Gasteiger partial charge in [-0.15, -0.1) is 0 Å². The van der Waals surface area contributed by atoms with E-state index in [1.165, 1.54) is 13.2 Å². The summed E-state index contributed by atoms with van der Waals surface area (Å²) in [7, 11) is 1.48. The van der Waals surface area contributed by atoms with Crippen molar-refractivity contribution in [2.75, 3.05) is 13.7 Å². The van der Waals surface area contributed by atoms with E-state index in [4.69, 9.17) is 4.74 Å². The molecule has 1 atom stereocenters. The Bertz CT molecular complexity index is 362. The van der Waals surface area contributed by atoms with Crippen molar-refractivity contribution in [2.45, 2.75) is 25.3 Å². The molecule has 0 aromatic heterocycles. The molecule has 0 bridgehead atoms. The van der Waals surface area contributed by atoms with Gasteiger partial charge in [0.1, 0.15) is 5.75 Å². The third-order valence-electron chi connectivity index (χ3n) is 2.96. The molecule has 0 radical (unpaired) electrons. The summed E-state index contributed by atoms with van der Waals surface area (Å²) in [6.07, 6.45) is -0.488. The van der Waals surface area contributed by atoms with E-state index in [1.807, 2.05) is 0 Å². The van der Waals surface area contributed by atoms with Crippen LogP contribution in [-0.4, -0.2) is 13.7 Å². The molecule has 1 fully saturated rings. The second-order valence-electron chi connectivity index (χ2n) is 3.94. The van der Waals surface area contributed by atoms with Crippen molar-refractivity contribution in [1.82, 2.24) is 5.32 Å². The summed E-state index contributed by atoms with van der Waals surface area (Å²) in [5.41, 5.74) is 0.784. The van der Waals surface area contributed by atoms with Crippen LogP contribution in [0.3, 0.4) is 0 Å². The number of benzene rings is 1. The third kappa shape index (κ3) is 2.16. The Morgan fingerprint density at radius 1 is 1.44 bits per heavy atom. The third-order valence-corrected chi connectivity index (χ3v) is 2.96. The molecule has 0 aliphatic carbocycles. The van der Waals surface area contributed by atoms with Crippen LogP contribution >= 0.6 is 0 Å². The van der Waals surface area contributed by atoms with Crippen LogP contribution in [0.15, 0.2) is 18.2 Å². The van der Waals surface area contributed by atoms with Gasteiger partial charge in [-0.25, -0.2) is 8.78 Å². The lowest BCUT2D eigenvalue weighted by atomic mass is 9.99. The first kappa shape index (κ1) is 11.3. The number of alkyl halides is 2. The van der Waals surface area contributed by atoms with Crippen LogP contribution in [-0.2, 0) is 0 Å². The molecule has 1 aromatic rings. The van der Waals surface area contributed by atoms with Gasteiger partial charge < -0.3 is 10.1 Å². The number of hydrogen-bond donors (Lipinski definition) is 1. The predicted octanol–water partition coefficient (Wildman–Crippen LogP) is 3.06. The average Bonchev–Trinajstić information content (AvgIpc) is 2.81. The Kier molecular flexibility index (Phi) is 3.39. The molecule has 0 saturated carbocycles. The van der Waals surface area contributed by atoms with Crippen LogP contribution in [0.5, 0.6) is 5.75 Å². The molecule has 1 aromatic carbocycles. The molecule has 0 amide bonds. The van der Waals surface area contributed by atoms with Crippen LogP contribution in [0, 0.1) is 0 Å². The van der Waals surface area contributed by atoms with Gasteiger partial charge in [-0.05, 0) is 37.1 Å². The van der Waals surface area contributed by atoms with Gasteiger partial charge in [0.05, 0.1) is 7.11 Å². The Morgan fingerprint density at radius 3 is 2.81 bits per heavy atom. The van der Waals surface area contributed by atoms with Gasteiger partial charge in [0.15, 0.2) is 0 Å². The van der Waals surface area contributed by atoms with Crippen molar-refractivity contribution >= 4 is 0 Å². The van der Waals surface area contributed by atoms with E-state index < -0.39 is 6.43 Å². The summed E-state index contributed by atoms with van der Waals surface area (Å²) >= 11 is 0. The van der Waals surface area contributed by atoms with Crippen LogP contribution in [0.1, 0.15) is 36.4 Å². The monoisotopic (exact) mass is 227 g/mol. The minimum Gasteiger partial charge on any atom is -0.497 e. The Morgan fingerprint density at radius 2 is 2.25 bits per heavy atom. The Balaban J connectivity index is 2.35. The van der Waals surface area contributed by atoms with Gasteiger partial charge in [0, 0.05) is 11.6 Å². The fourth-order valence-corrected chi connectivity index (χ4v) is 2.14. The van der Waals surface area contributed by atoms with Gasteiger partial charge >= 0.3 is 0 Å². The van der Waals surface area contributed by atoms with E-state index >= 15 is 0 Å². The predicted molar refractivity (Wildman–Crippen MR) is 57.9 cm³/mol. The van der Waals surface area contributed by atoms with Crippen molar-refractivity contribution in [3.63, 3.8) is 0 Å². The molecular formula is C12H15F2NO. The summed E-state index contributed by atoms with van der Waals surface area (Å²) in [4.78, 5) is 0. The summed E-state index contributed by atoms with van der Waals surface area (Å²) in [5.74, 6) is 0.483. The molecule has 1 aliphatic rings. The van der Waals surface area contributed by atoms with E-state index in [9.17, 15) is 8.78 Å². The molecule has 1 heterocycles. The molecule has 2 rings (SSSR count). The lowest BCUT2D eigenvalue weighted by Crippen LogP contribution is -2.14. The van der Waals surface area contributed by atoms with Crippen molar-refractivity contribution in [3.05, 3.63) is 29.3 Å². The quantitative estimate of drug-likeness (QED) is 0.856. The Hall–Kier alpha value is -1.16. The fraction of sp³-hybridized carbons (Fsp3) is 0.500. The normalized spacial score (nSPS) is 20.4. The molecule has 1 aliphatic heterocycles. The zero-order chi connectivity index (χ0) is 11.5. The lowest BCUT2D eigenvalue weighted by Gasteiger charge is -2.16. The second-order valence-corrected chi connectivity index (χ2v) is 3.94. The minimum atomic E-state index is -2.45. The highest BCUT2D eigenvalue weighted by Crippen LogP contribution is 2.34. The first-order valence-corrected chi connectivity index (χ1v) is 5.41. The summed E-state index contributed by atoms with van der Waals surface area (Å²) < 4.78 is 30.8. The highest BCUT2D eigenvalue weighted by Gasteiger charge is 2.23. The smallest absolute Gasteiger partial charge is 0.264 e.